The lowest BCUT2D eigenvalue weighted by Crippen LogP contribution is -2.46. The molecule has 28 heavy (non-hydrogen) atoms. The van der Waals surface area contributed by atoms with Gasteiger partial charge in [0.25, 0.3) is 11.6 Å². The van der Waals surface area contributed by atoms with Gasteiger partial charge in [-0.25, -0.2) is 5.48 Å². The van der Waals surface area contributed by atoms with Gasteiger partial charge in [0.15, 0.2) is 0 Å². The first-order valence-corrected chi connectivity index (χ1v) is 9.00. The molecule has 2 aromatic carbocycles. The van der Waals surface area contributed by atoms with Crippen LogP contribution in [0.5, 0.6) is 0 Å². The maximum Gasteiger partial charge on any atom is 0.293 e. The molecule has 0 radical (unpaired) electrons. The van der Waals surface area contributed by atoms with Gasteiger partial charge in [-0.2, -0.15) is 0 Å². The maximum atomic E-state index is 11.5. The van der Waals surface area contributed by atoms with Crippen LogP contribution in [0.25, 0.3) is 6.08 Å². The van der Waals surface area contributed by atoms with E-state index in [0.717, 1.165) is 25.2 Å². The van der Waals surface area contributed by atoms with Crippen molar-refractivity contribution < 1.29 is 14.9 Å². The number of carbonyl (C=O) groups excluding carboxylic acids is 1. The normalized spacial score (nSPS) is 15.0. The Morgan fingerprint density at radius 2 is 1.86 bits per heavy atom. The number of nitrogens with one attached hydrogen (secondary N) is 1. The number of nitro groups is 1. The maximum absolute atomic E-state index is 11.5. The van der Waals surface area contributed by atoms with Crippen LogP contribution in [0.3, 0.4) is 0 Å². The minimum absolute atomic E-state index is 0.0441. The fourth-order valence-corrected chi connectivity index (χ4v) is 3.22. The molecule has 1 fully saturated rings. The third-order valence-electron chi connectivity index (χ3n) is 4.72. The van der Waals surface area contributed by atoms with Gasteiger partial charge in [0.05, 0.1) is 4.92 Å². The molecule has 0 aromatic heterocycles. The smallest absolute Gasteiger partial charge is 0.293 e. The Balaban J connectivity index is 1.62. The lowest BCUT2D eigenvalue weighted by molar-refractivity contribution is -0.384. The van der Waals surface area contributed by atoms with Crippen LogP contribution in [0.1, 0.15) is 15.9 Å². The van der Waals surface area contributed by atoms with Crippen LogP contribution in [-0.2, 0) is 0 Å². The molecule has 146 valence electrons. The van der Waals surface area contributed by atoms with Gasteiger partial charge in [-0.3, -0.25) is 25.0 Å². The number of carbonyl (C=O) groups is 1. The predicted octanol–water partition coefficient (Wildman–Crippen LogP) is 2.55. The van der Waals surface area contributed by atoms with Gasteiger partial charge in [0.2, 0.25) is 0 Å². The van der Waals surface area contributed by atoms with Crippen molar-refractivity contribution in [3.8, 4) is 0 Å². The second-order valence-electron chi connectivity index (χ2n) is 6.50. The summed E-state index contributed by atoms with van der Waals surface area (Å²) in [6.07, 6.45) is 4.21. The molecule has 8 heteroatoms. The minimum Gasteiger partial charge on any atom is -0.363 e. The number of hydrogen-bond acceptors (Lipinski definition) is 6. The molecule has 1 saturated heterocycles. The van der Waals surface area contributed by atoms with Crippen molar-refractivity contribution in [2.24, 2.45) is 0 Å². The van der Waals surface area contributed by atoms with E-state index in [1.165, 1.54) is 17.6 Å². The fraction of sp³-hybridized carbons (Fsp3) is 0.250. The molecule has 1 aliphatic rings. The van der Waals surface area contributed by atoms with Crippen LogP contribution in [0, 0.1) is 10.1 Å². The van der Waals surface area contributed by atoms with E-state index < -0.39 is 10.8 Å². The van der Waals surface area contributed by atoms with Gasteiger partial charge >= 0.3 is 0 Å². The van der Waals surface area contributed by atoms with Gasteiger partial charge in [-0.05, 0) is 17.7 Å². The summed E-state index contributed by atoms with van der Waals surface area (Å²) in [6, 6.07) is 14.3. The molecular weight excluding hydrogens is 360 g/mol. The zero-order valence-corrected chi connectivity index (χ0v) is 15.3. The SMILES string of the molecule is O=C(NO)c1ccc(N2CCN(CC=Cc3ccccc3)CC2)c([N+](=O)[O-])c1. The standard InChI is InChI=1S/C20H22N4O4/c25-20(21-26)17-8-9-18(19(15-17)24(27)28)23-13-11-22(12-14-23)10-4-7-16-5-2-1-3-6-16/h1-9,15,26H,10-14H2,(H,21,25). The van der Waals surface area contributed by atoms with Gasteiger partial charge in [0.1, 0.15) is 5.69 Å². The lowest BCUT2D eigenvalue weighted by atomic mass is 10.1. The van der Waals surface area contributed by atoms with Crippen LogP contribution >= 0.6 is 0 Å². The number of hydroxylamine groups is 1. The average Bonchev–Trinajstić information content (AvgIpc) is 2.74. The monoisotopic (exact) mass is 382 g/mol. The summed E-state index contributed by atoms with van der Waals surface area (Å²) in [6.45, 7) is 3.71. The Kier molecular flexibility index (Phi) is 6.36. The molecule has 0 atom stereocenters. The zero-order chi connectivity index (χ0) is 19.9. The summed E-state index contributed by atoms with van der Waals surface area (Å²) >= 11 is 0. The van der Waals surface area contributed by atoms with Crippen LogP contribution < -0.4 is 10.4 Å². The number of nitro benzene ring substituents is 1. The first-order chi connectivity index (χ1) is 13.6. The average molecular weight is 382 g/mol. The number of piperazine rings is 1. The van der Waals surface area contributed by atoms with Crippen LogP contribution in [0.15, 0.2) is 54.6 Å². The van der Waals surface area contributed by atoms with Crippen LogP contribution in [-0.4, -0.2) is 53.7 Å². The van der Waals surface area contributed by atoms with Gasteiger partial charge in [-0.1, -0.05) is 42.5 Å². The third-order valence-corrected chi connectivity index (χ3v) is 4.72. The van der Waals surface area contributed by atoms with E-state index in [-0.39, 0.29) is 11.3 Å². The molecule has 2 N–H and O–H groups in total. The highest BCUT2D eigenvalue weighted by molar-refractivity contribution is 5.95. The van der Waals surface area contributed by atoms with E-state index in [9.17, 15) is 14.9 Å². The first-order valence-electron chi connectivity index (χ1n) is 9.00. The zero-order valence-electron chi connectivity index (χ0n) is 15.3. The number of amides is 1. The number of rotatable bonds is 6. The molecule has 0 spiro atoms. The summed E-state index contributed by atoms with van der Waals surface area (Å²) in [5.74, 6) is -0.773. The Morgan fingerprint density at radius 1 is 1.14 bits per heavy atom. The number of anilines is 1. The second kappa shape index (κ2) is 9.12. The Bertz CT molecular complexity index is 862. The van der Waals surface area contributed by atoms with Crippen molar-refractivity contribution >= 4 is 23.4 Å². The quantitative estimate of drug-likeness (QED) is 0.453. The molecule has 3 rings (SSSR count). The van der Waals surface area contributed by atoms with E-state index >= 15 is 0 Å². The topological polar surface area (TPSA) is 99.0 Å². The summed E-state index contributed by atoms with van der Waals surface area (Å²) in [5.41, 5.74) is 3.04. The second-order valence-corrected chi connectivity index (χ2v) is 6.50. The first kappa shape index (κ1) is 19.5. The van der Waals surface area contributed by atoms with E-state index in [2.05, 4.69) is 17.1 Å². The third kappa shape index (κ3) is 4.73. The number of nitrogens with zero attached hydrogens (tertiary/aromatic N) is 3. The molecule has 1 aliphatic heterocycles. The van der Waals surface area contributed by atoms with Gasteiger partial charge in [-0.15, -0.1) is 0 Å². The molecule has 0 bridgehead atoms. The highest BCUT2D eigenvalue weighted by atomic mass is 16.6. The molecule has 1 heterocycles. The summed E-state index contributed by atoms with van der Waals surface area (Å²) in [5, 5.41) is 20.2. The highest BCUT2D eigenvalue weighted by Crippen LogP contribution is 2.30. The van der Waals surface area contributed by atoms with E-state index in [0.29, 0.717) is 18.8 Å². The van der Waals surface area contributed by atoms with E-state index in [1.807, 2.05) is 35.2 Å². The molecular formula is C20H22N4O4. The summed E-state index contributed by atoms with van der Waals surface area (Å²) in [7, 11) is 0. The summed E-state index contributed by atoms with van der Waals surface area (Å²) in [4.78, 5) is 26.7. The van der Waals surface area contributed by atoms with Crippen LogP contribution in [0.2, 0.25) is 0 Å². The molecule has 8 nitrogen and oxygen atoms in total. The van der Waals surface area contributed by atoms with Crippen LogP contribution in [0.4, 0.5) is 11.4 Å². The number of hydrogen-bond donors (Lipinski definition) is 2. The van der Waals surface area contributed by atoms with Crippen molar-refractivity contribution in [1.29, 1.82) is 0 Å². The largest absolute Gasteiger partial charge is 0.363 e. The molecule has 2 aromatic rings. The molecule has 0 saturated carbocycles. The van der Waals surface area contributed by atoms with Crippen molar-refractivity contribution in [3.05, 3.63) is 75.8 Å². The predicted molar refractivity (Wildman–Crippen MR) is 106 cm³/mol. The van der Waals surface area contributed by atoms with E-state index in [1.54, 1.807) is 6.07 Å². The van der Waals surface area contributed by atoms with E-state index in [4.69, 9.17) is 5.21 Å². The molecule has 1 amide bonds. The van der Waals surface area contributed by atoms with Crippen molar-refractivity contribution in [3.63, 3.8) is 0 Å². The van der Waals surface area contributed by atoms with Crippen molar-refractivity contribution in [2.45, 2.75) is 0 Å². The fourth-order valence-electron chi connectivity index (χ4n) is 3.22. The van der Waals surface area contributed by atoms with Gasteiger partial charge < -0.3 is 4.90 Å². The van der Waals surface area contributed by atoms with Gasteiger partial charge in [0, 0.05) is 44.4 Å². The van der Waals surface area contributed by atoms with Crippen molar-refractivity contribution in [2.75, 3.05) is 37.6 Å². The number of benzene rings is 2. The lowest BCUT2D eigenvalue weighted by Gasteiger charge is -2.35. The summed E-state index contributed by atoms with van der Waals surface area (Å²) < 4.78 is 0. The highest BCUT2D eigenvalue weighted by Gasteiger charge is 2.24. The Morgan fingerprint density at radius 3 is 2.50 bits per heavy atom. The molecule has 0 unspecified atom stereocenters. The van der Waals surface area contributed by atoms with Crippen molar-refractivity contribution in [1.82, 2.24) is 10.4 Å². The Labute approximate surface area is 162 Å². The minimum atomic E-state index is -0.773. The Hall–Kier alpha value is -3.23. The molecule has 0 aliphatic carbocycles.